The summed E-state index contributed by atoms with van der Waals surface area (Å²) < 4.78 is 16.7. The van der Waals surface area contributed by atoms with Crippen LogP contribution in [0.2, 0.25) is 0 Å². The molecule has 2 N–H and O–H groups in total. The van der Waals surface area contributed by atoms with E-state index in [1.807, 2.05) is 13.8 Å². The molecule has 104 valence electrons. The zero-order chi connectivity index (χ0) is 13.5. The monoisotopic (exact) mass is 274 g/mol. The van der Waals surface area contributed by atoms with E-state index in [2.05, 4.69) is 27.8 Å². The van der Waals surface area contributed by atoms with E-state index in [4.69, 9.17) is 4.42 Å². The van der Waals surface area contributed by atoms with E-state index in [1.54, 1.807) is 6.26 Å². The molecule has 0 spiro atoms. The molecule has 3 atom stereocenters. The average Bonchev–Trinajstić information content (AvgIpc) is 2.81. The van der Waals surface area contributed by atoms with E-state index < -0.39 is 10.8 Å². The molecule has 0 fully saturated rings. The summed E-state index contributed by atoms with van der Waals surface area (Å²) in [6.45, 7) is 7.47. The minimum Gasteiger partial charge on any atom is -0.406 e. The highest BCUT2D eigenvalue weighted by molar-refractivity contribution is 7.84. The molecule has 0 amide bonds. The summed E-state index contributed by atoms with van der Waals surface area (Å²) in [6.07, 6.45) is 2.74. The Kier molecular flexibility index (Phi) is 6.28. The minimum absolute atomic E-state index is 0.0470. The van der Waals surface area contributed by atoms with E-state index >= 15 is 0 Å². The summed E-state index contributed by atoms with van der Waals surface area (Å²) in [6, 6.07) is 0.429. The lowest BCUT2D eigenvalue weighted by Crippen LogP contribution is -2.20. The van der Waals surface area contributed by atoms with Crippen LogP contribution in [-0.2, 0) is 10.8 Å². The van der Waals surface area contributed by atoms with Crippen molar-refractivity contribution in [2.45, 2.75) is 38.5 Å². The average molecular weight is 274 g/mol. The molecule has 7 heteroatoms. The van der Waals surface area contributed by atoms with Gasteiger partial charge in [0.15, 0.2) is 0 Å². The van der Waals surface area contributed by atoms with Crippen LogP contribution in [0.15, 0.2) is 4.42 Å². The van der Waals surface area contributed by atoms with Gasteiger partial charge in [0.25, 0.3) is 0 Å². The lowest BCUT2D eigenvalue weighted by Gasteiger charge is -2.08. The molecule has 1 rings (SSSR count). The van der Waals surface area contributed by atoms with Gasteiger partial charge in [0, 0.05) is 28.9 Å². The van der Waals surface area contributed by atoms with Gasteiger partial charge in [0.1, 0.15) is 0 Å². The Morgan fingerprint density at radius 1 is 1.39 bits per heavy atom. The number of aromatic nitrogens is 2. The van der Waals surface area contributed by atoms with Crippen LogP contribution in [0.5, 0.6) is 0 Å². The Balaban J connectivity index is 2.45. The van der Waals surface area contributed by atoms with Gasteiger partial charge >= 0.3 is 6.01 Å². The van der Waals surface area contributed by atoms with Crippen LogP contribution in [0.25, 0.3) is 0 Å². The van der Waals surface area contributed by atoms with Crippen LogP contribution < -0.4 is 10.6 Å². The lowest BCUT2D eigenvalue weighted by atomic mass is 10.3. The molecule has 0 aliphatic carbocycles. The summed E-state index contributed by atoms with van der Waals surface area (Å²) in [5.74, 6) is 0.566. The molecule has 0 aliphatic rings. The SMILES string of the molecule is CCCNC(C)c1nnc(NCC(C)S(C)=O)o1. The molecule has 1 aromatic heterocycles. The smallest absolute Gasteiger partial charge is 0.315 e. The molecular formula is C11H22N4O2S. The second-order valence-electron chi connectivity index (χ2n) is 4.31. The molecule has 1 heterocycles. The third-order valence-electron chi connectivity index (χ3n) is 2.62. The Hall–Kier alpha value is -0.950. The Labute approximate surface area is 110 Å². The first-order valence-corrected chi connectivity index (χ1v) is 7.79. The molecule has 0 aromatic carbocycles. The largest absolute Gasteiger partial charge is 0.406 e. The first-order chi connectivity index (χ1) is 8.54. The third-order valence-corrected chi connectivity index (χ3v) is 3.92. The van der Waals surface area contributed by atoms with Crippen LogP contribution >= 0.6 is 0 Å². The summed E-state index contributed by atoms with van der Waals surface area (Å²) in [5, 5.41) is 14.2. The summed E-state index contributed by atoms with van der Waals surface area (Å²) in [7, 11) is -0.855. The van der Waals surface area contributed by atoms with E-state index in [1.165, 1.54) is 0 Å². The van der Waals surface area contributed by atoms with Gasteiger partial charge in [0.05, 0.1) is 6.04 Å². The Morgan fingerprint density at radius 3 is 2.72 bits per heavy atom. The number of hydrogen-bond acceptors (Lipinski definition) is 6. The first kappa shape index (κ1) is 15.1. The Bertz CT molecular complexity index is 383. The number of hydrogen-bond donors (Lipinski definition) is 2. The normalized spacial score (nSPS) is 16.2. The van der Waals surface area contributed by atoms with Gasteiger partial charge in [-0.15, -0.1) is 5.10 Å². The lowest BCUT2D eigenvalue weighted by molar-refractivity contribution is 0.423. The van der Waals surface area contributed by atoms with Crippen LogP contribution in [-0.4, -0.2) is 39.0 Å². The highest BCUT2D eigenvalue weighted by atomic mass is 32.2. The Morgan fingerprint density at radius 2 is 2.11 bits per heavy atom. The molecule has 0 saturated heterocycles. The van der Waals surface area contributed by atoms with Crippen molar-refractivity contribution >= 4 is 16.8 Å². The molecule has 0 radical (unpaired) electrons. The fraction of sp³-hybridized carbons (Fsp3) is 0.818. The maximum atomic E-state index is 11.2. The highest BCUT2D eigenvalue weighted by Crippen LogP contribution is 2.13. The van der Waals surface area contributed by atoms with Crippen LogP contribution in [0, 0.1) is 0 Å². The van der Waals surface area contributed by atoms with Gasteiger partial charge in [-0.25, -0.2) is 0 Å². The van der Waals surface area contributed by atoms with Crippen molar-refractivity contribution < 1.29 is 8.63 Å². The van der Waals surface area contributed by atoms with Crippen molar-refractivity contribution in [2.75, 3.05) is 24.7 Å². The van der Waals surface area contributed by atoms with Crippen LogP contribution in [0.3, 0.4) is 0 Å². The maximum Gasteiger partial charge on any atom is 0.315 e. The molecule has 1 aromatic rings. The van der Waals surface area contributed by atoms with Crippen molar-refractivity contribution in [3.63, 3.8) is 0 Å². The van der Waals surface area contributed by atoms with Gasteiger partial charge in [0.2, 0.25) is 5.89 Å². The van der Waals surface area contributed by atoms with Crippen molar-refractivity contribution in [2.24, 2.45) is 0 Å². The molecule has 3 unspecified atom stereocenters. The first-order valence-electron chi connectivity index (χ1n) is 6.17. The van der Waals surface area contributed by atoms with E-state index in [-0.39, 0.29) is 11.3 Å². The molecule has 0 aliphatic heterocycles. The second-order valence-corrected chi connectivity index (χ2v) is 6.11. The zero-order valence-electron chi connectivity index (χ0n) is 11.4. The van der Waals surface area contributed by atoms with Crippen molar-refractivity contribution in [1.82, 2.24) is 15.5 Å². The predicted molar refractivity (Wildman–Crippen MR) is 73.0 cm³/mol. The highest BCUT2D eigenvalue weighted by Gasteiger charge is 2.14. The molecule has 0 saturated carbocycles. The van der Waals surface area contributed by atoms with Gasteiger partial charge in [-0.1, -0.05) is 12.0 Å². The van der Waals surface area contributed by atoms with E-state index in [0.29, 0.717) is 18.5 Å². The van der Waals surface area contributed by atoms with Crippen molar-refractivity contribution in [1.29, 1.82) is 0 Å². The van der Waals surface area contributed by atoms with Gasteiger partial charge in [-0.3, -0.25) is 4.21 Å². The number of nitrogens with zero attached hydrogens (tertiary/aromatic N) is 2. The predicted octanol–water partition coefficient (Wildman–Crippen LogP) is 1.31. The van der Waals surface area contributed by atoms with Crippen molar-refractivity contribution in [3.05, 3.63) is 5.89 Å². The number of rotatable bonds is 8. The summed E-state index contributed by atoms with van der Waals surface area (Å²) in [4.78, 5) is 0. The third kappa shape index (κ3) is 4.73. The molecular weight excluding hydrogens is 252 g/mol. The van der Waals surface area contributed by atoms with E-state index in [9.17, 15) is 4.21 Å². The molecule has 0 bridgehead atoms. The zero-order valence-corrected chi connectivity index (χ0v) is 12.2. The van der Waals surface area contributed by atoms with Gasteiger partial charge < -0.3 is 15.1 Å². The molecule has 18 heavy (non-hydrogen) atoms. The maximum absolute atomic E-state index is 11.2. The number of nitrogens with one attached hydrogen (secondary N) is 2. The quantitative estimate of drug-likeness (QED) is 0.744. The van der Waals surface area contributed by atoms with Crippen LogP contribution in [0.4, 0.5) is 6.01 Å². The van der Waals surface area contributed by atoms with E-state index in [0.717, 1.165) is 13.0 Å². The van der Waals surface area contributed by atoms with Crippen molar-refractivity contribution in [3.8, 4) is 0 Å². The van der Waals surface area contributed by atoms with Gasteiger partial charge in [-0.05, 0) is 26.8 Å². The summed E-state index contributed by atoms with van der Waals surface area (Å²) >= 11 is 0. The minimum atomic E-state index is -0.855. The standard InChI is InChI=1S/C11H22N4O2S/c1-5-6-12-9(3)10-14-15-11(17-10)13-7-8(2)18(4)16/h8-9,12H,5-7H2,1-4H3,(H,13,15). The number of anilines is 1. The summed E-state index contributed by atoms with van der Waals surface area (Å²) in [5.41, 5.74) is 0. The second kappa shape index (κ2) is 7.48. The fourth-order valence-corrected chi connectivity index (χ4v) is 1.60. The molecule has 6 nitrogen and oxygen atoms in total. The van der Waals surface area contributed by atoms with Gasteiger partial charge in [-0.2, -0.15) is 0 Å². The topological polar surface area (TPSA) is 80.0 Å². The van der Waals surface area contributed by atoms with Crippen LogP contribution in [0.1, 0.15) is 39.1 Å². The fourth-order valence-electron chi connectivity index (χ4n) is 1.28.